The van der Waals surface area contributed by atoms with E-state index in [1.165, 1.54) is 5.56 Å². The van der Waals surface area contributed by atoms with Crippen LogP contribution >= 0.6 is 0 Å². The molecule has 1 N–H and O–H groups in total. The number of nitrogens with one attached hydrogen (secondary N) is 1. The summed E-state index contributed by atoms with van der Waals surface area (Å²) in [7, 11) is 0. The first kappa shape index (κ1) is 15.9. The van der Waals surface area contributed by atoms with E-state index in [2.05, 4.69) is 51.7 Å². The molecule has 0 fully saturated rings. The van der Waals surface area contributed by atoms with Crippen molar-refractivity contribution < 1.29 is 0 Å². The number of aryl methyl sites for hydroxylation is 2. The minimum Gasteiger partial charge on any atom is -0.245 e. The number of aromatic nitrogens is 2. The molecule has 3 rings (SSSR count). The lowest BCUT2D eigenvalue weighted by molar-refractivity contribution is 1.07. The van der Waals surface area contributed by atoms with Gasteiger partial charge in [0, 0.05) is 11.3 Å². The molecule has 0 bridgehead atoms. The maximum absolute atomic E-state index is 4.55. The summed E-state index contributed by atoms with van der Waals surface area (Å²) in [6.07, 6.45) is 0. The average molecular weight is 316 g/mol. The van der Waals surface area contributed by atoms with Gasteiger partial charge in [-0.05, 0) is 32.4 Å². The van der Waals surface area contributed by atoms with E-state index in [0.717, 1.165) is 28.2 Å². The predicted molar refractivity (Wildman–Crippen MR) is 99.2 cm³/mol. The molecular formula is C20H20N4. The van der Waals surface area contributed by atoms with Gasteiger partial charge in [-0.25, -0.2) is 15.4 Å². The number of hydrogen-bond donors (Lipinski definition) is 1. The van der Waals surface area contributed by atoms with E-state index in [0.29, 0.717) is 5.95 Å². The maximum Gasteiger partial charge on any atom is 0.244 e. The van der Waals surface area contributed by atoms with Gasteiger partial charge in [0.1, 0.15) is 0 Å². The van der Waals surface area contributed by atoms with Crippen LogP contribution in [0.25, 0.3) is 11.3 Å². The van der Waals surface area contributed by atoms with Crippen LogP contribution in [0.2, 0.25) is 0 Å². The molecule has 0 saturated carbocycles. The highest BCUT2D eigenvalue weighted by atomic mass is 15.4. The summed E-state index contributed by atoms with van der Waals surface area (Å²) in [5.74, 6) is 0.500. The van der Waals surface area contributed by atoms with E-state index in [9.17, 15) is 0 Å². The third-order valence-corrected chi connectivity index (χ3v) is 3.72. The number of rotatable bonds is 4. The molecule has 0 spiro atoms. The molecular weight excluding hydrogens is 296 g/mol. The highest BCUT2D eigenvalue weighted by Gasteiger charge is 2.04. The second-order valence-electron chi connectivity index (χ2n) is 5.76. The molecule has 0 atom stereocenters. The van der Waals surface area contributed by atoms with Crippen LogP contribution in [0.3, 0.4) is 0 Å². The van der Waals surface area contributed by atoms with Gasteiger partial charge in [-0.15, -0.1) is 0 Å². The van der Waals surface area contributed by atoms with Crippen molar-refractivity contribution in [1.82, 2.24) is 9.97 Å². The lowest BCUT2D eigenvalue weighted by Crippen LogP contribution is -2.03. The van der Waals surface area contributed by atoms with Crippen molar-refractivity contribution in [2.45, 2.75) is 20.8 Å². The van der Waals surface area contributed by atoms with Crippen LogP contribution in [0.5, 0.6) is 0 Å². The van der Waals surface area contributed by atoms with E-state index in [1.54, 1.807) is 0 Å². The van der Waals surface area contributed by atoms with Gasteiger partial charge in [-0.3, -0.25) is 0 Å². The van der Waals surface area contributed by atoms with Gasteiger partial charge in [0.05, 0.1) is 11.4 Å². The van der Waals surface area contributed by atoms with Crippen molar-refractivity contribution in [3.05, 3.63) is 77.5 Å². The standard InChI is InChI=1S/C20H20N4/c1-14-9-11-17(12-10-14)16(3)23-24-20-21-15(2)13-19(22-20)18-7-5-4-6-8-18/h4-13H,1-3H3,(H,21,22,24). The third kappa shape index (κ3) is 3.84. The van der Waals surface area contributed by atoms with Crippen LogP contribution in [0.15, 0.2) is 65.8 Å². The van der Waals surface area contributed by atoms with Crippen molar-refractivity contribution in [3.8, 4) is 11.3 Å². The van der Waals surface area contributed by atoms with Crippen LogP contribution in [0.1, 0.15) is 23.7 Å². The van der Waals surface area contributed by atoms with Crippen LogP contribution in [-0.2, 0) is 0 Å². The van der Waals surface area contributed by atoms with Crippen molar-refractivity contribution in [1.29, 1.82) is 0 Å². The first-order valence-electron chi connectivity index (χ1n) is 7.90. The molecule has 0 aliphatic carbocycles. The molecule has 24 heavy (non-hydrogen) atoms. The Hall–Kier alpha value is -3.01. The number of hydrogen-bond acceptors (Lipinski definition) is 4. The zero-order chi connectivity index (χ0) is 16.9. The highest BCUT2D eigenvalue weighted by molar-refractivity contribution is 5.99. The molecule has 0 saturated heterocycles. The fourth-order valence-electron chi connectivity index (χ4n) is 2.37. The summed E-state index contributed by atoms with van der Waals surface area (Å²) >= 11 is 0. The predicted octanol–water partition coefficient (Wildman–Crippen LogP) is 4.60. The van der Waals surface area contributed by atoms with Gasteiger partial charge in [0.25, 0.3) is 0 Å². The van der Waals surface area contributed by atoms with Gasteiger partial charge in [-0.2, -0.15) is 5.10 Å². The second-order valence-corrected chi connectivity index (χ2v) is 5.76. The molecule has 3 aromatic rings. The summed E-state index contributed by atoms with van der Waals surface area (Å²) in [6.45, 7) is 5.99. The Morgan fingerprint density at radius 2 is 1.62 bits per heavy atom. The Bertz CT molecular complexity index is 853. The highest BCUT2D eigenvalue weighted by Crippen LogP contribution is 2.18. The largest absolute Gasteiger partial charge is 0.245 e. The molecule has 0 aliphatic heterocycles. The molecule has 2 aromatic carbocycles. The van der Waals surface area contributed by atoms with Gasteiger partial charge in [0.2, 0.25) is 5.95 Å². The van der Waals surface area contributed by atoms with Gasteiger partial charge in [0.15, 0.2) is 0 Å². The van der Waals surface area contributed by atoms with E-state index in [1.807, 2.05) is 50.2 Å². The fourth-order valence-corrected chi connectivity index (χ4v) is 2.37. The maximum atomic E-state index is 4.55. The molecule has 0 aliphatic rings. The number of anilines is 1. The summed E-state index contributed by atoms with van der Waals surface area (Å²) in [5.41, 5.74) is 9.01. The smallest absolute Gasteiger partial charge is 0.244 e. The Balaban J connectivity index is 1.84. The van der Waals surface area contributed by atoms with E-state index in [4.69, 9.17) is 0 Å². The van der Waals surface area contributed by atoms with Gasteiger partial charge >= 0.3 is 0 Å². The normalized spacial score (nSPS) is 11.4. The Morgan fingerprint density at radius 3 is 2.33 bits per heavy atom. The molecule has 0 radical (unpaired) electrons. The fraction of sp³-hybridized carbons (Fsp3) is 0.150. The quantitative estimate of drug-likeness (QED) is 0.565. The summed E-state index contributed by atoms with van der Waals surface area (Å²) < 4.78 is 0. The number of nitrogens with zero attached hydrogens (tertiary/aromatic N) is 3. The van der Waals surface area contributed by atoms with Crippen LogP contribution in [0.4, 0.5) is 5.95 Å². The van der Waals surface area contributed by atoms with E-state index >= 15 is 0 Å². The number of benzene rings is 2. The molecule has 1 aromatic heterocycles. The van der Waals surface area contributed by atoms with E-state index < -0.39 is 0 Å². The summed E-state index contributed by atoms with van der Waals surface area (Å²) in [6, 6.07) is 20.3. The first-order chi connectivity index (χ1) is 11.6. The molecule has 1 heterocycles. The minimum absolute atomic E-state index is 0.500. The molecule has 0 amide bonds. The number of hydrazone groups is 1. The van der Waals surface area contributed by atoms with E-state index in [-0.39, 0.29) is 0 Å². The molecule has 120 valence electrons. The zero-order valence-electron chi connectivity index (χ0n) is 14.1. The lowest BCUT2D eigenvalue weighted by Gasteiger charge is -2.07. The molecule has 4 nitrogen and oxygen atoms in total. The topological polar surface area (TPSA) is 50.2 Å². The van der Waals surface area contributed by atoms with Crippen LogP contribution < -0.4 is 5.43 Å². The van der Waals surface area contributed by atoms with Crippen molar-refractivity contribution in [3.63, 3.8) is 0 Å². The van der Waals surface area contributed by atoms with Crippen molar-refractivity contribution in [2.75, 3.05) is 5.43 Å². The Labute approximate surface area is 142 Å². The van der Waals surface area contributed by atoms with Crippen LogP contribution in [0, 0.1) is 13.8 Å². The Kier molecular flexibility index (Phi) is 4.66. The van der Waals surface area contributed by atoms with Gasteiger partial charge in [-0.1, -0.05) is 60.2 Å². The summed E-state index contributed by atoms with van der Waals surface area (Å²) in [5, 5.41) is 4.41. The second kappa shape index (κ2) is 7.04. The van der Waals surface area contributed by atoms with Gasteiger partial charge < -0.3 is 0 Å². The van der Waals surface area contributed by atoms with Crippen molar-refractivity contribution in [2.24, 2.45) is 5.10 Å². The molecule has 4 heteroatoms. The lowest BCUT2D eigenvalue weighted by atomic mass is 10.1. The third-order valence-electron chi connectivity index (χ3n) is 3.72. The first-order valence-corrected chi connectivity index (χ1v) is 7.90. The van der Waals surface area contributed by atoms with Crippen molar-refractivity contribution >= 4 is 11.7 Å². The average Bonchev–Trinajstić information content (AvgIpc) is 2.60. The zero-order valence-corrected chi connectivity index (χ0v) is 14.1. The van der Waals surface area contributed by atoms with Crippen LogP contribution in [-0.4, -0.2) is 15.7 Å². The minimum atomic E-state index is 0.500. The monoisotopic (exact) mass is 316 g/mol. The molecule has 0 unspecified atom stereocenters. The summed E-state index contributed by atoms with van der Waals surface area (Å²) in [4.78, 5) is 8.96. The Morgan fingerprint density at radius 1 is 0.917 bits per heavy atom. The SMILES string of the molecule is CC(=NNc1nc(C)cc(-c2ccccc2)n1)c1ccc(C)cc1.